The molecular formula is C29H25Cl2FN4O4. The first-order valence-corrected chi connectivity index (χ1v) is 13.2. The van der Waals surface area contributed by atoms with Crippen LogP contribution in [0.5, 0.6) is 11.6 Å². The number of hydrogen-bond donors (Lipinski definition) is 4. The maximum atomic E-state index is 14.8. The van der Waals surface area contributed by atoms with E-state index in [9.17, 15) is 14.3 Å². The van der Waals surface area contributed by atoms with Crippen LogP contribution in [0, 0.1) is 5.82 Å². The van der Waals surface area contributed by atoms with E-state index in [0.717, 1.165) is 5.56 Å². The average Bonchev–Trinajstić information content (AvgIpc) is 3.47. The molecule has 0 saturated heterocycles. The van der Waals surface area contributed by atoms with Gasteiger partial charge in [0.1, 0.15) is 46.6 Å². The van der Waals surface area contributed by atoms with Crippen LogP contribution in [0.3, 0.4) is 0 Å². The van der Waals surface area contributed by atoms with Crippen LogP contribution in [0.25, 0.3) is 22.5 Å². The normalized spacial score (nSPS) is 12.8. The summed E-state index contributed by atoms with van der Waals surface area (Å²) >= 11 is 12.4. The van der Waals surface area contributed by atoms with Crippen LogP contribution in [-0.4, -0.2) is 42.9 Å². The standard InChI is InChI=1S/C29H25Cl2FN4O4/c1-16(17-5-3-2-4-6-17)25(27-33-24(26(31)35-27)21-12-9-19(30)15-22(21)32)36-28(38)23(34-29(36)39)18-7-10-20(11-8-18)40-14-13-37/h2-12,15-16,25,37-38H,13-14H2,1H3,(H,33,35)(H,34,39)/t16-,25-/m0/s1. The number of aromatic hydroxyl groups is 1. The summed E-state index contributed by atoms with van der Waals surface area (Å²) in [6.45, 7) is 1.91. The molecule has 3 aromatic carbocycles. The summed E-state index contributed by atoms with van der Waals surface area (Å²) in [5.41, 5.74) is 1.32. The molecule has 0 spiro atoms. The lowest BCUT2D eigenvalue weighted by atomic mass is 9.92. The third kappa shape index (κ3) is 5.36. The second kappa shape index (κ2) is 11.6. The van der Waals surface area contributed by atoms with Gasteiger partial charge in [0.15, 0.2) is 0 Å². The Bertz CT molecular complexity index is 1680. The van der Waals surface area contributed by atoms with Crippen LogP contribution < -0.4 is 10.4 Å². The quantitative estimate of drug-likeness (QED) is 0.166. The fourth-order valence-corrected chi connectivity index (χ4v) is 5.07. The van der Waals surface area contributed by atoms with Crippen LogP contribution in [0.1, 0.15) is 30.3 Å². The maximum Gasteiger partial charge on any atom is 0.329 e. The molecule has 0 unspecified atom stereocenters. The third-order valence-electron chi connectivity index (χ3n) is 6.63. The highest BCUT2D eigenvalue weighted by Crippen LogP contribution is 2.40. The van der Waals surface area contributed by atoms with Crippen molar-refractivity contribution in [3.05, 3.63) is 111 Å². The fraction of sp³-hybridized carbons (Fsp3) is 0.172. The summed E-state index contributed by atoms with van der Waals surface area (Å²) in [6, 6.07) is 19.5. The number of rotatable bonds is 9. The first-order chi connectivity index (χ1) is 19.3. The number of aliphatic hydroxyl groups excluding tert-OH is 1. The van der Waals surface area contributed by atoms with Crippen LogP contribution in [0.2, 0.25) is 10.2 Å². The number of H-pyrrole nitrogens is 2. The van der Waals surface area contributed by atoms with Crippen LogP contribution in [0.15, 0.2) is 77.6 Å². The Balaban J connectivity index is 1.62. The molecule has 5 rings (SSSR count). The lowest BCUT2D eigenvalue weighted by Gasteiger charge is -2.24. The highest BCUT2D eigenvalue weighted by Gasteiger charge is 2.32. The Morgan fingerprint density at radius 1 is 1.05 bits per heavy atom. The molecule has 0 aliphatic heterocycles. The van der Waals surface area contributed by atoms with E-state index in [0.29, 0.717) is 11.3 Å². The monoisotopic (exact) mass is 582 g/mol. The smallest absolute Gasteiger partial charge is 0.329 e. The number of aliphatic hydroxyl groups is 1. The Morgan fingerprint density at radius 3 is 2.45 bits per heavy atom. The molecule has 2 heterocycles. The van der Waals surface area contributed by atoms with Crippen molar-refractivity contribution in [2.45, 2.75) is 18.9 Å². The van der Waals surface area contributed by atoms with Crippen molar-refractivity contribution < 1.29 is 19.3 Å². The molecule has 2 atom stereocenters. The average molecular weight is 583 g/mol. The summed E-state index contributed by atoms with van der Waals surface area (Å²) in [7, 11) is 0. The molecule has 0 aliphatic carbocycles. The van der Waals surface area contributed by atoms with Gasteiger partial charge in [0.2, 0.25) is 5.88 Å². The summed E-state index contributed by atoms with van der Waals surface area (Å²) < 4.78 is 21.4. The molecule has 0 radical (unpaired) electrons. The predicted molar refractivity (Wildman–Crippen MR) is 152 cm³/mol. The van der Waals surface area contributed by atoms with E-state index in [-0.39, 0.29) is 58.0 Å². The molecule has 8 nitrogen and oxygen atoms in total. The molecular weight excluding hydrogens is 558 g/mol. The van der Waals surface area contributed by atoms with E-state index in [1.807, 2.05) is 37.3 Å². The van der Waals surface area contributed by atoms with E-state index in [1.165, 1.54) is 22.8 Å². The fourth-order valence-electron chi connectivity index (χ4n) is 4.67. The highest BCUT2D eigenvalue weighted by molar-refractivity contribution is 6.32. The lowest BCUT2D eigenvalue weighted by molar-refractivity contribution is 0.201. The number of aromatic amines is 2. The SMILES string of the molecule is C[C@@H](c1ccccc1)[C@@H](c1nc(-c2ccc(Cl)cc2F)c(Cl)[nH]1)n1c(O)c(-c2ccc(OCCO)cc2)[nH]c1=O. The van der Waals surface area contributed by atoms with Gasteiger partial charge in [-0.25, -0.2) is 14.2 Å². The zero-order valence-electron chi connectivity index (χ0n) is 21.2. The van der Waals surface area contributed by atoms with Gasteiger partial charge >= 0.3 is 5.69 Å². The van der Waals surface area contributed by atoms with Gasteiger partial charge in [-0.15, -0.1) is 0 Å². The van der Waals surface area contributed by atoms with Gasteiger partial charge in [-0.3, -0.25) is 4.57 Å². The largest absolute Gasteiger partial charge is 0.493 e. The van der Waals surface area contributed by atoms with Gasteiger partial charge in [-0.1, -0.05) is 60.5 Å². The van der Waals surface area contributed by atoms with Crippen molar-refractivity contribution in [3.63, 3.8) is 0 Å². The highest BCUT2D eigenvalue weighted by atomic mass is 35.5. The Labute approximate surface area is 238 Å². The number of halogens is 3. The molecule has 40 heavy (non-hydrogen) atoms. The zero-order chi connectivity index (χ0) is 28.4. The minimum Gasteiger partial charge on any atom is -0.493 e. The molecule has 0 amide bonds. The summed E-state index contributed by atoms with van der Waals surface area (Å²) in [6.07, 6.45) is 0. The summed E-state index contributed by atoms with van der Waals surface area (Å²) in [5, 5.41) is 20.7. The van der Waals surface area contributed by atoms with Crippen molar-refractivity contribution in [1.29, 1.82) is 0 Å². The van der Waals surface area contributed by atoms with Gasteiger partial charge in [-0.05, 0) is 48.0 Å². The summed E-state index contributed by atoms with van der Waals surface area (Å²) in [5.74, 6) is -0.514. The van der Waals surface area contributed by atoms with E-state index >= 15 is 0 Å². The van der Waals surface area contributed by atoms with Crippen molar-refractivity contribution >= 4 is 23.2 Å². The van der Waals surface area contributed by atoms with E-state index in [2.05, 4.69) is 15.0 Å². The van der Waals surface area contributed by atoms with Crippen LogP contribution in [-0.2, 0) is 0 Å². The minimum absolute atomic E-state index is 0.0725. The van der Waals surface area contributed by atoms with Crippen molar-refractivity contribution in [3.8, 4) is 34.1 Å². The molecule has 0 saturated carbocycles. The first-order valence-electron chi connectivity index (χ1n) is 12.4. The van der Waals surface area contributed by atoms with Gasteiger partial charge in [0.25, 0.3) is 0 Å². The zero-order valence-corrected chi connectivity index (χ0v) is 22.7. The van der Waals surface area contributed by atoms with E-state index < -0.39 is 17.5 Å². The van der Waals surface area contributed by atoms with E-state index in [4.69, 9.17) is 33.0 Å². The van der Waals surface area contributed by atoms with Crippen molar-refractivity contribution in [1.82, 2.24) is 19.5 Å². The predicted octanol–water partition coefficient (Wildman–Crippen LogP) is 6.15. The molecule has 11 heteroatoms. The van der Waals surface area contributed by atoms with Gasteiger partial charge < -0.3 is 24.9 Å². The molecule has 0 bridgehead atoms. The Morgan fingerprint density at radius 2 is 1.77 bits per heavy atom. The number of aromatic nitrogens is 4. The van der Waals surface area contributed by atoms with Crippen molar-refractivity contribution in [2.24, 2.45) is 0 Å². The number of hydrogen-bond acceptors (Lipinski definition) is 5. The first kappa shape index (κ1) is 27.5. The lowest BCUT2D eigenvalue weighted by Crippen LogP contribution is -2.27. The van der Waals surface area contributed by atoms with Gasteiger partial charge in [-0.2, -0.15) is 0 Å². The van der Waals surface area contributed by atoms with Gasteiger partial charge in [0, 0.05) is 22.1 Å². The van der Waals surface area contributed by atoms with Crippen molar-refractivity contribution in [2.75, 3.05) is 13.2 Å². The molecule has 0 aliphatic rings. The Hall–Kier alpha value is -4.05. The number of benzene rings is 3. The maximum absolute atomic E-state index is 14.8. The number of nitrogens with one attached hydrogen (secondary N) is 2. The second-order valence-corrected chi connectivity index (χ2v) is 9.96. The van der Waals surface area contributed by atoms with Crippen LogP contribution in [0.4, 0.5) is 4.39 Å². The molecule has 0 fully saturated rings. The van der Waals surface area contributed by atoms with Gasteiger partial charge in [0.05, 0.1) is 6.61 Å². The number of ether oxygens (including phenoxy) is 1. The molecule has 4 N–H and O–H groups in total. The molecule has 5 aromatic rings. The molecule has 2 aromatic heterocycles. The second-order valence-electron chi connectivity index (χ2n) is 9.15. The third-order valence-corrected chi connectivity index (χ3v) is 7.14. The topological polar surface area (TPSA) is 116 Å². The number of nitrogens with zero attached hydrogens (tertiary/aromatic N) is 2. The van der Waals surface area contributed by atoms with Crippen LogP contribution >= 0.6 is 23.2 Å². The molecule has 206 valence electrons. The number of imidazole rings is 2. The van der Waals surface area contributed by atoms with E-state index in [1.54, 1.807) is 24.3 Å². The minimum atomic E-state index is -0.853. The summed E-state index contributed by atoms with van der Waals surface area (Å²) in [4.78, 5) is 23.7. The Kier molecular flexibility index (Phi) is 7.97.